The van der Waals surface area contributed by atoms with Crippen LogP contribution in [0.1, 0.15) is 11.4 Å². The summed E-state index contributed by atoms with van der Waals surface area (Å²) in [6.07, 6.45) is 0. The number of piperazine rings is 1. The summed E-state index contributed by atoms with van der Waals surface area (Å²) in [5.41, 5.74) is 7.98. The smallest absolute Gasteiger partial charge is 0.232 e. The van der Waals surface area contributed by atoms with Gasteiger partial charge in [-0.1, -0.05) is 17.7 Å². The zero-order valence-electron chi connectivity index (χ0n) is 13.7. The Balaban J connectivity index is 1.70. The molecule has 0 radical (unpaired) electrons. The quantitative estimate of drug-likeness (QED) is 0.879. The third-order valence-electron chi connectivity index (χ3n) is 3.97. The topological polar surface area (TPSA) is 83.2 Å². The fourth-order valence-electron chi connectivity index (χ4n) is 2.54. The molecule has 2 aromatic rings. The molecule has 1 aromatic heterocycles. The van der Waals surface area contributed by atoms with Crippen LogP contribution in [0.25, 0.3) is 0 Å². The van der Waals surface area contributed by atoms with Gasteiger partial charge >= 0.3 is 0 Å². The van der Waals surface area contributed by atoms with Crippen molar-refractivity contribution < 1.29 is 0 Å². The summed E-state index contributed by atoms with van der Waals surface area (Å²) in [5.74, 6) is 1.45. The van der Waals surface area contributed by atoms with Gasteiger partial charge in [-0.2, -0.15) is 15.0 Å². The van der Waals surface area contributed by atoms with Gasteiger partial charge in [-0.3, -0.25) is 4.90 Å². The first-order valence-electron chi connectivity index (χ1n) is 7.83. The highest BCUT2D eigenvalue weighted by molar-refractivity contribution is 5.54. The number of hydrogen-bond acceptors (Lipinski definition) is 7. The Morgan fingerprint density at radius 3 is 2.43 bits per heavy atom. The van der Waals surface area contributed by atoms with Crippen molar-refractivity contribution in [2.24, 2.45) is 0 Å². The molecule has 0 spiro atoms. The van der Waals surface area contributed by atoms with Gasteiger partial charge in [-0.25, -0.2) is 0 Å². The lowest BCUT2D eigenvalue weighted by atomic mass is 10.2. The highest BCUT2D eigenvalue weighted by atomic mass is 15.3. The highest BCUT2D eigenvalue weighted by Crippen LogP contribution is 2.15. The molecule has 2 heterocycles. The lowest BCUT2D eigenvalue weighted by molar-refractivity contribution is 0.145. The zero-order valence-corrected chi connectivity index (χ0v) is 13.7. The first kappa shape index (κ1) is 15.6. The number of aromatic nitrogens is 3. The number of anilines is 3. The van der Waals surface area contributed by atoms with E-state index in [1.807, 2.05) is 24.3 Å². The van der Waals surface area contributed by atoms with Gasteiger partial charge in [-0.05, 0) is 26.1 Å². The van der Waals surface area contributed by atoms with Crippen molar-refractivity contribution in [3.8, 4) is 0 Å². The number of nitrogens with zero attached hydrogens (tertiary/aromatic N) is 5. The average molecular weight is 313 g/mol. The molecule has 0 saturated carbocycles. The van der Waals surface area contributed by atoms with Crippen molar-refractivity contribution >= 4 is 17.6 Å². The van der Waals surface area contributed by atoms with Gasteiger partial charge in [0.1, 0.15) is 5.82 Å². The van der Waals surface area contributed by atoms with E-state index in [-0.39, 0.29) is 5.95 Å². The Labute approximate surface area is 136 Å². The van der Waals surface area contributed by atoms with Crippen LogP contribution in [-0.4, -0.2) is 58.0 Å². The second-order valence-electron chi connectivity index (χ2n) is 6.00. The fraction of sp³-hybridized carbons (Fsp3) is 0.438. The molecule has 1 saturated heterocycles. The average Bonchev–Trinajstić information content (AvgIpc) is 2.51. The maximum Gasteiger partial charge on any atom is 0.232 e. The number of nitrogen functional groups attached to an aromatic ring is 1. The van der Waals surface area contributed by atoms with Gasteiger partial charge in [0.15, 0.2) is 0 Å². The summed E-state index contributed by atoms with van der Waals surface area (Å²) < 4.78 is 0. The van der Waals surface area contributed by atoms with E-state index in [4.69, 9.17) is 5.73 Å². The first-order valence-corrected chi connectivity index (χ1v) is 7.83. The molecule has 3 rings (SSSR count). The number of hydrogen-bond donors (Lipinski definition) is 2. The Morgan fingerprint density at radius 2 is 1.74 bits per heavy atom. The van der Waals surface area contributed by atoms with Crippen LogP contribution in [0.4, 0.5) is 17.6 Å². The molecule has 1 aliphatic rings. The largest absolute Gasteiger partial charge is 0.368 e. The van der Waals surface area contributed by atoms with E-state index in [0.29, 0.717) is 18.3 Å². The predicted molar refractivity (Wildman–Crippen MR) is 91.5 cm³/mol. The van der Waals surface area contributed by atoms with Crippen LogP contribution in [0.3, 0.4) is 0 Å². The van der Waals surface area contributed by atoms with Crippen LogP contribution < -0.4 is 11.1 Å². The molecule has 7 nitrogen and oxygen atoms in total. The van der Waals surface area contributed by atoms with Gasteiger partial charge < -0.3 is 16.0 Å². The van der Waals surface area contributed by atoms with Crippen LogP contribution >= 0.6 is 0 Å². The summed E-state index contributed by atoms with van der Waals surface area (Å²) in [4.78, 5) is 17.6. The second kappa shape index (κ2) is 6.89. The van der Waals surface area contributed by atoms with E-state index < -0.39 is 0 Å². The predicted octanol–water partition coefficient (Wildman–Crippen LogP) is 1.25. The molecule has 1 aromatic carbocycles. The number of benzene rings is 1. The molecule has 23 heavy (non-hydrogen) atoms. The van der Waals surface area contributed by atoms with Gasteiger partial charge in [0.25, 0.3) is 0 Å². The van der Waals surface area contributed by atoms with Gasteiger partial charge in [0.05, 0.1) is 6.54 Å². The Morgan fingerprint density at radius 1 is 1.04 bits per heavy atom. The summed E-state index contributed by atoms with van der Waals surface area (Å²) in [7, 11) is 2.14. The molecule has 0 amide bonds. The molecule has 0 atom stereocenters. The number of likely N-dealkylation sites (N-methyl/N-ethyl adjacent to an activating group) is 1. The second-order valence-corrected chi connectivity index (χ2v) is 6.00. The van der Waals surface area contributed by atoms with E-state index in [9.17, 15) is 0 Å². The molecule has 0 bridgehead atoms. The molecule has 7 heteroatoms. The fourth-order valence-corrected chi connectivity index (χ4v) is 2.54. The van der Waals surface area contributed by atoms with E-state index in [1.54, 1.807) is 0 Å². The molecule has 122 valence electrons. The lowest BCUT2D eigenvalue weighted by Crippen LogP contribution is -2.44. The number of nitrogens with two attached hydrogens (primary N) is 1. The Bertz CT molecular complexity index is 648. The van der Waals surface area contributed by atoms with Gasteiger partial charge in [-0.15, -0.1) is 0 Å². The van der Waals surface area contributed by atoms with Gasteiger partial charge in [0, 0.05) is 31.9 Å². The number of aryl methyl sites for hydroxylation is 1. The van der Waals surface area contributed by atoms with Crippen molar-refractivity contribution in [1.82, 2.24) is 24.8 Å². The highest BCUT2D eigenvalue weighted by Gasteiger charge is 2.16. The Hall–Kier alpha value is -2.25. The summed E-state index contributed by atoms with van der Waals surface area (Å²) in [6.45, 7) is 6.91. The minimum absolute atomic E-state index is 0.249. The van der Waals surface area contributed by atoms with E-state index >= 15 is 0 Å². The minimum Gasteiger partial charge on any atom is -0.368 e. The van der Waals surface area contributed by atoms with Crippen LogP contribution in [0.2, 0.25) is 0 Å². The maximum absolute atomic E-state index is 5.84. The van der Waals surface area contributed by atoms with Crippen molar-refractivity contribution in [3.05, 3.63) is 35.7 Å². The lowest BCUT2D eigenvalue weighted by Gasteiger charge is -2.31. The number of rotatable bonds is 4. The van der Waals surface area contributed by atoms with Crippen molar-refractivity contribution in [3.63, 3.8) is 0 Å². The van der Waals surface area contributed by atoms with E-state index in [2.05, 4.69) is 44.0 Å². The summed E-state index contributed by atoms with van der Waals surface area (Å²) in [6, 6.07) is 8.07. The Kier molecular flexibility index (Phi) is 4.68. The normalized spacial score (nSPS) is 16.4. The van der Waals surface area contributed by atoms with Crippen molar-refractivity contribution in [2.45, 2.75) is 13.5 Å². The van der Waals surface area contributed by atoms with Crippen LogP contribution in [0.5, 0.6) is 0 Å². The van der Waals surface area contributed by atoms with Crippen LogP contribution in [0.15, 0.2) is 24.3 Å². The monoisotopic (exact) mass is 313 g/mol. The van der Waals surface area contributed by atoms with Crippen molar-refractivity contribution in [1.29, 1.82) is 0 Å². The SMILES string of the molecule is Cc1ccc(Nc2nc(N)nc(CN3CCN(C)CC3)n2)cc1. The maximum atomic E-state index is 5.84. The third kappa shape index (κ3) is 4.37. The minimum atomic E-state index is 0.249. The van der Waals surface area contributed by atoms with E-state index in [0.717, 1.165) is 31.9 Å². The zero-order chi connectivity index (χ0) is 16.2. The third-order valence-corrected chi connectivity index (χ3v) is 3.97. The summed E-state index contributed by atoms with van der Waals surface area (Å²) in [5, 5.41) is 3.19. The first-order chi connectivity index (χ1) is 11.1. The molecular weight excluding hydrogens is 290 g/mol. The molecule has 1 fully saturated rings. The number of nitrogens with one attached hydrogen (secondary N) is 1. The van der Waals surface area contributed by atoms with Crippen LogP contribution in [0, 0.1) is 6.92 Å². The molecule has 0 aliphatic carbocycles. The molecule has 3 N–H and O–H groups in total. The molecular formula is C16H23N7. The molecule has 1 aliphatic heterocycles. The van der Waals surface area contributed by atoms with Gasteiger partial charge in [0.2, 0.25) is 11.9 Å². The summed E-state index contributed by atoms with van der Waals surface area (Å²) >= 11 is 0. The standard InChI is InChI=1S/C16H23N7/c1-12-3-5-13(6-4-12)18-16-20-14(19-15(17)21-16)11-23-9-7-22(2)8-10-23/h3-6H,7-11H2,1-2H3,(H3,17,18,19,20,21). The van der Waals surface area contributed by atoms with E-state index in [1.165, 1.54) is 5.56 Å². The van der Waals surface area contributed by atoms with Crippen LogP contribution in [-0.2, 0) is 6.54 Å². The van der Waals surface area contributed by atoms with Crippen molar-refractivity contribution in [2.75, 3.05) is 44.3 Å². The molecule has 0 unspecified atom stereocenters.